The molecule has 0 heterocycles. The number of hydrogen-bond donors (Lipinski definition) is 2. The van der Waals surface area contributed by atoms with Gasteiger partial charge >= 0.3 is 8.56 Å². The van der Waals surface area contributed by atoms with E-state index in [0.717, 1.165) is 12.5 Å². The van der Waals surface area contributed by atoms with Crippen LogP contribution in [0.15, 0.2) is 0 Å². The summed E-state index contributed by atoms with van der Waals surface area (Å²) in [7, 11) is -0.339. The molecule has 1 atom stereocenters. The second kappa shape index (κ2) is 8.21. The van der Waals surface area contributed by atoms with E-state index in [9.17, 15) is 0 Å². The number of aliphatic hydroxyl groups is 1. The Balaban J connectivity index is 2.17. The lowest BCUT2D eigenvalue weighted by molar-refractivity contribution is 0.168. The van der Waals surface area contributed by atoms with Crippen molar-refractivity contribution in [2.75, 3.05) is 20.4 Å². The third-order valence-electron chi connectivity index (χ3n) is 3.58. The molecule has 0 bridgehead atoms. The van der Waals surface area contributed by atoms with Crippen LogP contribution in [0.4, 0.5) is 0 Å². The van der Waals surface area contributed by atoms with Crippen molar-refractivity contribution in [3.8, 4) is 0 Å². The van der Waals surface area contributed by atoms with Gasteiger partial charge < -0.3 is 14.0 Å². The first-order valence-corrected chi connectivity index (χ1v) is 9.26. The van der Waals surface area contributed by atoms with Crippen molar-refractivity contribution in [3.63, 3.8) is 0 Å². The van der Waals surface area contributed by atoms with Gasteiger partial charge in [-0.1, -0.05) is 19.3 Å². The summed E-state index contributed by atoms with van der Waals surface area (Å²) in [6.07, 6.45) is 7.35. The predicted molar refractivity (Wildman–Crippen MR) is 71.1 cm³/mol. The monoisotopic (exact) mass is 261 g/mol. The Bertz CT molecular complexity index is 200. The van der Waals surface area contributed by atoms with Crippen LogP contribution in [0.25, 0.3) is 0 Å². The van der Waals surface area contributed by atoms with Crippen LogP contribution in [0.1, 0.15) is 38.5 Å². The van der Waals surface area contributed by atoms with Crippen LogP contribution in [0.3, 0.4) is 0 Å². The van der Waals surface area contributed by atoms with Gasteiger partial charge in [0.15, 0.2) is 0 Å². The molecular weight excluding hydrogens is 234 g/mol. The predicted octanol–water partition coefficient (Wildman–Crippen LogP) is 1.98. The van der Waals surface area contributed by atoms with Crippen LogP contribution < -0.4 is 5.32 Å². The second-order valence-electron chi connectivity index (χ2n) is 4.99. The van der Waals surface area contributed by atoms with Crippen LogP contribution in [0, 0.1) is 0 Å². The van der Waals surface area contributed by atoms with Gasteiger partial charge in [-0.3, -0.25) is 5.32 Å². The molecule has 102 valence electrons. The summed E-state index contributed by atoms with van der Waals surface area (Å²) in [5.41, 5.74) is 0. The minimum Gasteiger partial charge on any atom is -0.398 e. The van der Waals surface area contributed by atoms with Crippen molar-refractivity contribution < 1.29 is 14.0 Å². The zero-order valence-electron chi connectivity index (χ0n) is 11.2. The SMILES string of the molecule is CO[Si](C)(CCCO)OCNC1CCCCC1. The maximum atomic E-state index is 8.85. The Kier molecular flexibility index (Phi) is 7.30. The molecule has 0 aromatic carbocycles. The fraction of sp³-hybridized carbons (Fsp3) is 1.00. The lowest BCUT2D eigenvalue weighted by Crippen LogP contribution is -2.43. The minimum absolute atomic E-state index is 0.214. The molecule has 17 heavy (non-hydrogen) atoms. The summed E-state index contributed by atoms with van der Waals surface area (Å²) >= 11 is 0. The Morgan fingerprint density at radius 3 is 2.59 bits per heavy atom. The average molecular weight is 261 g/mol. The lowest BCUT2D eigenvalue weighted by atomic mass is 9.96. The summed E-state index contributed by atoms with van der Waals surface area (Å²) in [6.45, 7) is 2.86. The van der Waals surface area contributed by atoms with Gasteiger partial charge in [-0.15, -0.1) is 0 Å². The topological polar surface area (TPSA) is 50.7 Å². The highest BCUT2D eigenvalue weighted by molar-refractivity contribution is 6.65. The van der Waals surface area contributed by atoms with Gasteiger partial charge in [0.25, 0.3) is 0 Å². The summed E-state index contributed by atoms with van der Waals surface area (Å²) in [6, 6.07) is 1.48. The Labute approximate surface area is 106 Å². The van der Waals surface area contributed by atoms with Gasteiger partial charge in [-0.2, -0.15) is 0 Å². The molecule has 2 N–H and O–H groups in total. The molecule has 4 nitrogen and oxygen atoms in total. The van der Waals surface area contributed by atoms with E-state index in [1.807, 2.05) is 0 Å². The molecule has 0 saturated heterocycles. The highest BCUT2D eigenvalue weighted by Gasteiger charge is 2.29. The Morgan fingerprint density at radius 2 is 2.00 bits per heavy atom. The smallest absolute Gasteiger partial charge is 0.335 e. The van der Waals surface area contributed by atoms with E-state index in [1.54, 1.807) is 7.11 Å². The van der Waals surface area contributed by atoms with Crippen LogP contribution >= 0.6 is 0 Å². The van der Waals surface area contributed by atoms with Gasteiger partial charge in [0.05, 0.1) is 6.73 Å². The van der Waals surface area contributed by atoms with Crippen molar-refractivity contribution in [2.45, 2.75) is 57.2 Å². The van der Waals surface area contributed by atoms with E-state index < -0.39 is 8.56 Å². The molecule has 1 rings (SSSR count). The van der Waals surface area contributed by atoms with Crippen LogP contribution in [0.5, 0.6) is 0 Å². The van der Waals surface area contributed by atoms with Crippen molar-refractivity contribution in [1.82, 2.24) is 5.32 Å². The zero-order valence-corrected chi connectivity index (χ0v) is 12.2. The molecule has 0 aromatic rings. The number of hydrogen-bond acceptors (Lipinski definition) is 4. The van der Waals surface area contributed by atoms with Crippen molar-refractivity contribution in [2.24, 2.45) is 0 Å². The Morgan fingerprint density at radius 1 is 1.29 bits per heavy atom. The number of rotatable bonds is 8. The molecule has 0 aliphatic heterocycles. The molecular formula is C12H27NO3Si. The highest BCUT2D eigenvalue weighted by Crippen LogP contribution is 2.18. The first-order chi connectivity index (χ1) is 8.20. The Hall–Kier alpha value is 0.0569. The average Bonchev–Trinajstić information content (AvgIpc) is 2.38. The minimum atomic E-state index is -2.05. The van der Waals surface area contributed by atoms with Crippen molar-refractivity contribution in [1.29, 1.82) is 0 Å². The first kappa shape index (κ1) is 15.1. The lowest BCUT2D eigenvalue weighted by Gasteiger charge is -2.28. The summed E-state index contributed by atoms with van der Waals surface area (Å²) in [5, 5.41) is 12.3. The third-order valence-corrected chi connectivity index (χ3v) is 6.46. The van der Waals surface area contributed by atoms with Crippen molar-refractivity contribution >= 4 is 8.56 Å². The molecule has 0 amide bonds. The maximum absolute atomic E-state index is 8.85. The molecule has 1 unspecified atom stereocenters. The van der Waals surface area contributed by atoms with Gasteiger partial charge in [0.2, 0.25) is 0 Å². The quantitative estimate of drug-likeness (QED) is 0.518. The molecule has 0 radical (unpaired) electrons. The van der Waals surface area contributed by atoms with Gasteiger partial charge in [0, 0.05) is 19.8 Å². The fourth-order valence-corrected chi connectivity index (χ4v) is 3.91. The van der Waals surface area contributed by atoms with E-state index in [2.05, 4.69) is 11.9 Å². The zero-order chi connectivity index (χ0) is 12.6. The largest absolute Gasteiger partial charge is 0.398 e. The first-order valence-electron chi connectivity index (χ1n) is 6.73. The summed E-state index contributed by atoms with van der Waals surface area (Å²) < 4.78 is 11.4. The normalized spacial score (nSPS) is 21.4. The van der Waals surface area contributed by atoms with Crippen LogP contribution in [-0.4, -0.2) is 40.2 Å². The standard InChI is InChI=1S/C12H27NO3Si/c1-15-17(2,10-6-9-14)16-11-13-12-7-4-3-5-8-12/h12-14H,3-11H2,1-2H3. The van der Waals surface area contributed by atoms with E-state index in [1.165, 1.54) is 32.1 Å². The van der Waals surface area contributed by atoms with E-state index >= 15 is 0 Å². The van der Waals surface area contributed by atoms with Crippen LogP contribution in [0.2, 0.25) is 12.6 Å². The van der Waals surface area contributed by atoms with Gasteiger partial charge in [0.1, 0.15) is 0 Å². The van der Waals surface area contributed by atoms with E-state index in [-0.39, 0.29) is 6.61 Å². The maximum Gasteiger partial charge on any atom is 0.335 e. The molecule has 0 spiro atoms. The molecule has 1 saturated carbocycles. The molecule has 0 aromatic heterocycles. The van der Waals surface area contributed by atoms with Gasteiger partial charge in [-0.05, 0) is 31.9 Å². The number of nitrogens with one attached hydrogen (secondary N) is 1. The van der Waals surface area contributed by atoms with Crippen LogP contribution in [-0.2, 0) is 8.85 Å². The third kappa shape index (κ3) is 5.97. The van der Waals surface area contributed by atoms with Crippen molar-refractivity contribution in [3.05, 3.63) is 0 Å². The number of aliphatic hydroxyl groups excluding tert-OH is 1. The van der Waals surface area contributed by atoms with Gasteiger partial charge in [-0.25, -0.2) is 0 Å². The summed E-state index contributed by atoms with van der Waals surface area (Å²) in [5.74, 6) is 0. The second-order valence-corrected chi connectivity index (χ2v) is 8.46. The molecule has 5 heteroatoms. The fourth-order valence-electron chi connectivity index (χ4n) is 2.25. The molecule has 1 fully saturated rings. The molecule has 1 aliphatic rings. The van der Waals surface area contributed by atoms with E-state index in [0.29, 0.717) is 12.8 Å². The highest BCUT2D eigenvalue weighted by atomic mass is 28.4. The molecule has 1 aliphatic carbocycles. The summed E-state index contributed by atoms with van der Waals surface area (Å²) in [4.78, 5) is 0. The van der Waals surface area contributed by atoms with E-state index in [4.69, 9.17) is 14.0 Å².